The topological polar surface area (TPSA) is 70.2 Å². The minimum Gasteiger partial charge on any atom is -0.325 e. The lowest BCUT2D eigenvalue weighted by atomic mass is 10.2. The number of hydrogen-bond acceptors (Lipinski definition) is 4. The number of nitrogens with zero attached hydrogens (tertiary/aromatic N) is 3. The average molecular weight is 427 g/mol. The van der Waals surface area contributed by atoms with Crippen LogP contribution in [0.5, 0.6) is 0 Å². The van der Waals surface area contributed by atoms with E-state index in [2.05, 4.69) is 10.3 Å². The second-order valence-corrected chi connectivity index (χ2v) is 7.75. The molecule has 5 nitrogen and oxygen atoms in total. The predicted molar refractivity (Wildman–Crippen MR) is 112 cm³/mol. The largest absolute Gasteiger partial charge is 0.325 e. The van der Waals surface area contributed by atoms with E-state index in [0.29, 0.717) is 21.3 Å². The minimum atomic E-state index is -0.236. The first kappa shape index (κ1) is 18.5. The van der Waals surface area contributed by atoms with Gasteiger partial charge in [0.05, 0.1) is 23.4 Å². The molecule has 1 N–H and O–H groups in total. The summed E-state index contributed by atoms with van der Waals surface area (Å²) < 4.78 is 1.90. The van der Waals surface area contributed by atoms with Gasteiger partial charge in [-0.05, 0) is 30.3 Å². The molecule has 0 bridgehead atoms. The maximum absolute atomic E-state index is 12.5. The van der Waals surface area contributed by atoms with E-state index in [1.807, 2.05) is 46.3 Å². The minimum absolute atomic E-state index is 0.147. The van der Waals surface area contributed by atoms with Crippen LogP contribution in [0, 0.1) is 11.3 Å². The Kier molecular flexibility index (Phi) is 5.05. The molecule has 0 saturated heterocycles. The van der Waals surface area contributed by atoms with Gasteiger partial charge in [-0.3, -0.25) is 9.20 Å². The lowest BCUT2D eigenvalue weighted by Crippen LogP contribution is -2.16. The summed E-state index contributed by atoms with van der Waals surface area (Å²) in [5.74, 6) is -0.236. The number of halogens is 2. The van der Waals surface area contributed by atoms with Crippen molar-refractivity contribution in [2.75, 3.05) is 5.32 Å². The third kappa shape index (κ3) is 3.73. The molecule has 0 spiro atoms. The number of rotatable bonds is 4. The van der Waals surface area contributed by atoms with E-state index < -0.39 is 0 Å². The molecule has 138 valence electrons. The number of anilines is 1. The fourth-order valence-corrected chi connectivity index (χ4v) is 3.96. The monoisotopic (exact) mass is 426 g/mol. The summed E-state index contributed by atoms with van der Waals surface area (Å²) in [5.41, 5.74) is 3.34. The number of fused-ring (bicyclic) bond motifs is 1. The number of imidazole rings is 1. The summed E-state index contributed by atoms with van der Waals surface area (Å²) in [6.45, 7) is 0. The molecule has 8 heteroatoms. The number of thiazole rings is 1. The van der Waals surface area contributed by atoms with Gasteiger partial charge in [-0.25, -0.2) is 4.98 Å². The van der Waals surface area contributed by atoms with Crippen molar-refractivity contribution >= 4 is 51.1 Å². The Labute approximate surface area is 174 Å². The van der Waals surface area contributed by atoms with Gasteiger partial charge in [-0.2, -0.15) is 5.26 Å². The molecule has 0 saturated carbocycles. The molecule has 0 aliphatic heterocycles. The number of carbonyl (C=O) groups excluding carboxylic acids is 1. The second-order valence-electron chi connectivity index (χ2n) is 6.04. The van der Waals surface area contributed by atoms with Crippen molar-refractivity contribution < 1.29 is 4.79 Å². The standard InChI is InChI=1S/C20H12Cl2N4OS/c21-14-4-1-12(2-5-14)18-10-26-16(11-28-20(26)25-18)8-19(27)24-17-7-15(22)6-3-13(17)9-23/h1-7,10-11H,8H2,(H,24,27). The summed E-state index contributed by atoms with van der Waals surface area (Å²) in [7, 11) is 0. The molecule has 0 fully saturated rings. The van der Waals surface area contributed by atoms with E-state index in [9.17, 15) is 10.1 Å². The molecule has 0 radical (unpaired) electrons. The van der Waals surface area contributed by atoms with Crippen molar-refractivity contribution in [1.82, 2.24) is 9.38 Å². The van der Waals surface area contributed by atoms with Crippen LogP contribution in [0.25, 0.3) is 16.2 Å². The zero-order valence-electron chi connectivity index (χ0n) is 14.3. The molecular weight excluding hydrogens is 415 g/mol. The van der Waals surface area contributed by atoms with Gasteiger partial charge in [0.25, 0.3) is 0 Å². The Balaban J connectivity index is 1.57. The lowest BCUT2D eigenvalue weighted by molar-refractivity contribution is -0.115. The van der Waals surface area contributed by atoms with Crippen LogP contribution >= 0.6 is 34.5 Å². The fraction of sp³-hybridized carbons (Fsp3) is 0.0500. The molecule has 0 atom stereocenters. The van der Waals surface area contributed by atoms with Crippen molar-refractivity contribution in [3.63, 3.8) is 0 Å². The third-order valence-electron chi connectivity index (χ3n) is 4.14. The average Bonchev–Trinajstić information content (AvgIpc) is 3.24. The molecule has 0 unspecified atom stereocenters. The number of nitriles is 1. The Morgan fingerprint density at radius 1 is 1.18 bits per heavy atom. The third-order valence-corrected chi connectivity index (χ3v) is 5.52. The van der Waals surface area contributed by atoms with E-state index >= 15 is 0 Å². The zero-order valence-corrected chi connectivity index (χ0v) is 16.6. The zero-order chi connectivity index (χ0) is 19.7. The van der Waals surface area contributed by atoms with Gasteiger partial charge in [-0.15, -0.1) is 11.3 Å². The number of hydrogen-bond donors (Lipinski definition) is 1. The highest BCUT2D eigenvalue weighted by atomic mass is 35.5. The van der Waals surface area contributed by atoms with Gasteiger partial charge < -0.3 is 5.32 Å². The Hall–Kier alpha value is -2.85. The molecule has 0 aliphatic rings. The first-order chi connectivity index (χ1) is 13.5. The predicted octanol–water partition coefficient (Wildman–Crippen LogP) is 5.42. The molecule has 1 amide bonds. The van der Waals surface area contributed by atoms with Crippen molar-refractivity contribution in [3.8, 4) is 17.3 Å². The van der Waals surface area contributed by atoms with E-state index in [4.69, 9.17) is 23.2 Å². The van der Waals surface area contributed by atoms with Crippen LogP contribution in [0.1, 0.15) is 11.3 Å². The molecule has 2 aromatic heterocycles. The summed E-state index contributed by atoms with van der Waals surface area (Å²) in [4.78, 5) is 17.9. The van der Waals surface area contributed by atoms with E-state index in [1.54, 1.807) is 18.2 Å². The number of benzene rings is 2. The maximum Gasteiger partial charge on any atom is 0.230 e. The molecule has 2 heterocycles. The van der Waals surface area contributed by atoms with Crippen LogP contribution in [0.4, 0.5) is 5.69 Å². The van der Waals surface area contributed by atoms with Crippen LogP contribution in [0.3, 0.4) is 0 Å². The molecule has 4 rings (SSSR count). The van der Waals surface area contributed by atoms with Crippen LogP contribution < -0.4 is 5.32 Å². The SMILES string of the molecule is N#Cc1ccc(Cl)cc1NC(=O)Cc1csc2nc(-c3ccc(Cl)cc3)cn12. The molecule has 0 aliphatic carbocycles. The highest BCUT2D eigenvalue weighted by Crippen LogP contribution is 2.26. The first-order valence-electron chi connectivity index (χ1n) is 8.24. The maximum atomic E-state index is 12.5. The Bertz CT molecular complexity index is 1220. The van der Waals surface area contributed by atoms with Crippen molar-refractivity contribution in [2.45, 2.75) is 6.42 Å². The van der Waals surface area contributed by atoms with Gasteiger partial charge in [-0.1, -0.05) is 35.3 Å². The van der Waals surface area contributed by atoms with Crippen LogP contribution in [0.2, 0.25) is 10.0 Å². The first-order valence-corrected chi connectivity index (χ1v) is 9.88. The summed E-state index contributed by atoms with van der Waals surface area (Å²) in [5, 5.41) is 15.0. The molecule has 28 heavy (non-hydrogen) atoms. The van der Waals surface area contributed by atoms with Gasteiger partial charge >= 0.3 is 0 Å². The van der Waals surface area contributed by atoms with Gasteiger partial charge in [0.1, 0.15) is 6.07 Å². The fourth-order valence-electron chi connectivity index (χ4n) is 2.79. The number of carbonyl (C=O) groups is 1. The summed E-state index contributed by atoms with van der Waals surface area (Å²) in [6.07, 6.45) is 2.05. The Morgan fingerprint density at radius 3 is 2.68 bits per heavy atom. The normalized spacial score (nSPS) is 10.8. The highest BCUT2D eigenvalue weighted by Gasteiger charge is 2.14. The molecule has 2 aromatic carbocycles. The van der Waals surface area contributed by atoms with E-state index in [0.717, 1.165) is 21.9 Å². The highest BCUT2D eigenvalue weighted by molar-refractivity contribution is 7.15. The van der Waals surface area contributed by atoms with Gasteiger partial charge in [0.2, 0.25) is 5.91 Å². The number of nitrogens with one attached hydrogen (secondary N) is 1. The number of aromatic nitrogens is 2. The van der Waals surface area contributed by atoms with Crippen molar-refractivity contribution in [3.05, 3.63) is 75.3 Å². The molecular formula is C20H12Cl2N4OS. The van der Waals surface area contributed by atoms with Gasteiger partial charge in [0.15, 0.2) is 4.96 Å². The van der Waals surface area contributed by atoms with Crippen molar-refractivity contribution in [2.24, 2.45) is 0 Å². The smallest absolute Gasteiger partial charge is 0.230 e. The summed E-state index contributed by atoms with van der Waals surface area (Å²) in [6, 6.07) is 14.2. The number of amides is 1. The second kappa shape index (κ2) is 7.64. The van der Waals surface area contributed by atoms with Crippen LogP contribution in [-0.4, -0.2) is 15.3 Å². The summed E-state index contributed by atoms with van der Waals surface area (Å²) >= 11 is 13.4. The quantitative estimate of drug-likeness (QED) is 0.473. The van der Waals surface area contributed by atoms with Crippen LogP contribution in [0.15, 0.2) is 54.0 Å². The lowest BCUT2D eigenvalue weighted by Gasteiger charge is -2.07. The van der Waals surface area contributed by atoms with Gasteiger partial charge in [0, 0.05) is 32.9 Å². The van der Waals surface area contributed by atoms with Crippen LogP contribution in [-0.2, 0) is 11.2 Å². The van der Waals surface area contributed by atoms with Crippen molar-refractivity contribution in [1.29, 1.82) is 5.26 Å². The van der Waals surface area contributed by atoms with E-state index in [-0.39, 0.29) is 12.3 Å². The van der Waals surface area contributed by atoms with E-state index in [1.165, 1.54) is 11.3 Å². The molecule has 4 aromatic rings. The Morgan fingerprint density at radius 2 is 1.93 bits per heavy atom.